The second-order valence-corrected chi connectivity index (χ2v) is 5.07. The van der Waals surface area contributed by atoms with E-state index in [0.29, 0.717) is 6.54 Å². The minimum atomic E-state index is -0.215. The van der Waals surface area contributed by atoms with Crippen LogP contribution >= 0.6 is 0 Å². The second-order valence-electron chi connectivity index (χ2n) is 5.07. The molecule has 1 aromatic heterocycles. The van der Waals surface area contributed by atoms with Gasteiger partial charge in [-0.25, -0.2) is 4.98 Å². The van der Waals surface area contributed by atoms with Crippen molar-refractivity contribution >= 4 is 5.91 Å². The third kappa shape index (κ3) is 3.92. The normalized spacial score (nSPS) is 13.7. The lowest BCUT2D eigenvalue weighted by Gasteiger charge is -2.20. The summed E-state index contributed by atoms with van der Waals surface area (Å²) in [7, 11) is 0. The standard InChI is InChI=1S/C16H22N4O/c1-4-18-16(21)13(3)19-12(2)14-5-7-15(8-6-14)20-10-9-17-11-20/h5-13,19H,4H2,1-3H3,(H,18,21). The zero-order valence-electron chi connectivity index (χ0n) is 12.7. The first kappa shape index (κ1) is 15.3. The maximum absolute atomic E-state index is 11.7. The van der Waals surface area contributed by atoms with Gasteiger partial charge in [-0.15, -0.1) is 0 Å². The Morgan fingerprint density at radius 2 is 2.00 bits per heavy atom. The summed E-state index contributed by atoms with van der Waals surface area (Å²) in [5.41, 5.74) is 2.22. The lowest BCUT2D eigenvalue weighted by molar-refractivity contribution is -0.122. The van der Waals surface area contributed by atoms with Gasteiger partial charge in [-0.1, -0.05) is 12.1 Å². The SMILES string of the molecule is CCNC(=O)C(C)NC(C)c1ccc(-n2ccnc2)cc1. The lowest BCUT2D eigenvalue weighted by atomic mass is 10.1. The van der Waals surface area contributed by atoms with E-state index >= 15 is 0 Å². The van der Waals surface area contributed by atoms with Crippen LogP contribution in [0.3, 0.4) is 0 Å². The van der Waals surface area contributed by atoms with Gasteiger partial charge in [0.1, 0.15) is 0 Å². The van der Waals surface area contributed by atoms with Crippen LogP contribution in [0.25, 0.3) is 5.69 Å². The Kier molecular flexibility index (Phi) is 5.11. The minimum Gasteiger partial charge on any atom is -0.355 e. The van der Waals surface area contributed by atoms with E-state index in [0.717, 1.165) is 11.3 Å². The number of carbonyl (C=O) groups excluding carboxylic acids is 1. The lowest BCUT2D eigenvalue weighted by Crippen LogP contribution is -2.43. The molecule has 1 heterocycles. The van der Waals surface area contributed by atoms with Crippen LogP contribution in [0.15, 0.2) is 43.0 Å². The molecule has 0 saturated carbocycles. The molecule has 0 spiro atoms. The number of nitrogens with zero attached hydrogens (tertiary/aromatic N) is 2. The fourth-order valence-corrected chi connectivity index (χ4v) is 2.22. The minimum absolute atomic E-state index is 0.0272. The molecule has 2 atom stereocenters. The summed E-state index contributed by atoms with van der Waals surface area (Å²) in [6.07, 6.45) is 5.44. The van der Waals surface area contributed by atoms with Crippen LogP contribution in [0.5, 0.6) is 0 Å². The fraction of sp³-hybridized carbons (Fsp3) is 0.375. The Bertz CT molecular complexity index is 562. The van der Waals surface area contributed by atoms with Gasteiger partial charge in [-0.2, -0.15) is 0 Å². The molecular weight excluding hydrogens is 264 g/mol. The van der Waals surface area contributed by atoms with Gasteiger partial charge in [0.2, 0.25) is 5.91 Å². The Balaban J connectivity index is 2.00. The van der Waals surface area contributed by atoms with E-state index < -0.39 is 0 Å². The van der Waals surface area contributed by atoms with Crippen molar-refractivity contribution in [2.45, 2.75) is 32.9 Å². The smallest absolute Gasteiger partial charge is 0.236 e. The molecule has 0 bridgehead atoms. The Labute approximate surface area is 125 Å². The molecule has 2 rings (SSSR count). The first-order valence-corrected chi connectivity index (χ1v) is 7.24. The fourth-order valence-electron chi connectivity index (χ4n) is 2.22. The summed E-state index contributed by atoms with van der Waals surface area (Å²) in [6.45, 7) is 6.50. The highest BCUT2D eigenvalue weighted by molar-refractivity contribution is 5.81. The number of hydrogen-bond donors (Lipinski definition) is 2. The molecule has 5 heteroatoms. The van der Waals surface area contributed by atoms with E-state index in [9.17, 15) is 4.79 Å². The van der Waals surface area contributed by atoms with Gasteiger partial charge in [-0.05, 0) is 38.5 Å². The van der Waals surface area contributed by atoms with Crippen molar-refractivity contribution in [2.75, 3.05) is 6.54 Å². The zero-order valence-corrected chi connectivity index (χ0v) is 12.7. The number of nitrogens with one attached hydrogen (secondary N) is 2. The van der Waals surface area contributed by atoms with Crippen molar-refractivity contribution in [1.29, 1.82) is 0 Å². The number of carbonyl (C=O) groups is 1. The Morgan fingerprint density at radius 3 is 2.57 bits per heavy atom. The van der Waals surface area contributed by atoms with Gasteiger partial charge in [-0.3, -0.25) is 10.1 Å². The topological polar surface area (TPSA) is 59.0 Å². The third-order valence-corrected chi connectivity index (χ3v) is 3.44. The van der Waals surface area contributed by atoms with E-state index in [1.807, 2.05) is 36.7 Å². The largest absolute Gasteiger partial charge is 0.355 e. The van der Waals surface area contributed by atoms with Crippen molar-refractivity contribution in [3.05, 3.63) is 48.5 Å². The quantitative estimate of drug-likeness (QED) is 0.854. The molecule has 0 radical (unpaired) electrons. The highest BCUT2D eigenvalue weighted by atomic mass is 16.2. The molecule has 2 N–H and O–H groups in total. The third-order valence-electron chi connectivity index (χ3n) is 3.44. The van der Waals surface area contributed by atoms with Gasteiger partial charge in [0.05, 0.1) is 12.4 Å². The number of imidazole rings is 1. The van der Waals surface area contributed by atoms with Crippen molar-refractivity contribution in [3.8, 4) is 5.69 Å². The predicted octanol–water partition coefficient (Wildman–Crippen LogP) is 2.05. The molecule has 0 aliphatic heterocycles. The number of benzene rings is 1. The van der Waals surface area contributed by atoms with Gasteiger partial charge in [0.15, 0.2) is 0 Å². The summed E-state index contributed by atoms with van der Waals surface area (Å²) >= 11 is 0. The maximum atomic E-state index is 11.7. The van der Waals surface area contributed by atoms with Crippen LogP contribution in [0.1, 0.15) is 32.4 Å². The van der Waals surface area contributed by atoms with E-state index in [-0.39, 0.29) is 18.0 Å². The Hall–Kier alpha value is -2.14. The number of amides is 1. The molecule has 1 amide bonds. The monoisotopic (exact) mass is 286 g/mol. The predicted molar refractivity (Wildman–Crippen MR) is 83.3 cm³/mol. The van der Waals surface area contributed by atoms with Crippen molar-refractivity contribution in [3.63, 3.8) is 0 Å². The molecule has 0 fully saturated rings. The summed E-state index contributed by atoms with van der Waals surface area (Å²) in [4.78, 5) is 15.8. The number of aromatic nitrogens is 2. The highest BCUT2D eigenvalue weighted by Crippen LogP contribution is 2.16. The van der Waals surface area contributed by atoms with Crippen LogP contribution in [0, 0.1) is 0 Å². The molecule has 112 valence electrons. The molecule has 21 heavy (non-hydrogen) atoms. The molecule has 0 saturated heterocycles. The van der Waals surface area contributed by atoms with Crippen molar-refractivity contribution < 1.29 is 4.79 Å². The maximum Gasteiger partial charge on any atom is 0.236 e. The zero-order chi connectivity index (χ0) is 15.2. The summed E-state index contributed by atoms with van der Waals surface area (Å²) in [5.74, 6) is 0.0272. The van der Waals surface area contributed by atoms with Crippen LogP contribution in [-0.2, 0) is 4.79 Å². The summed E-state index contributed by atoms with van der Waals surface area (Å²) in [5, 5.41) is 6.12. The summed E-state index contributed by atoms with van der Waals surface area (Å²) < 4.78 is 1.96. The molecule has 2 unspecified atom stereocenters. The van der Waals surface area contributed by atoms with Crippen molar-refractivity contribution in [1.82, 2.24) is 20.2 Å². The molecule has 1 aromatic carbocycles. The number of hydrogen-bond acceptors (Lipinski definition) is 3. The average molecular weight is 286 g/mol. The number of rotatable bonds is 6. The van der Waals surface area contributed by atoms with Gasteiger partial charge >= 0.3 is 0 Å². The van der Waals surface area contributed by atoms with Gasteiger partial charge in [0, 0.05) is 30.7 Å². The highest BCUT2D eigenvalue weighted by Gasteiger charge is 2.15. The van der Waals surface area contributed by atoms with Gasteiger partial charge < -0.3 is 9.88 Å². The van der Waals surface area contributed by atoms with Crippen LogP contribution in [0.4, 0.5) is 0 Å². The van der Waals surface area contributed by atoms with Crippen LogP contribution in [-0.4, -0.2) is 28.0 Å². The van der Waals surface area contributed by atoms with Gasteiger partial charge in [0.25, 0.3) is 0 Å². The molecule has 0 aliphatic carbocycles. The molecule has 0 aliphatic rings. The number of likely N-dealkylation sites (N-methyl/N-ethyl adjacent to an activating group) is 1. The average Bonchev–Trinajstić information content (AvgIpc) is 3.01. The van der Waals surface area contributed by atoms with Crippen molar-refractivity contribution in [2.24, 2.45) is 0 Å². The second kappa shape index (κ2) is 7.04. The van der Waals surface area contributed by atoms with Crippen LogP contribution in [0.2, 0.25) is 0 Å². The first-order chi connectivity index (χ1) is 10.1. The van der Waals surface area contributed by atoms with E-state index in [1.165, 1.54) is 0 Å². The molecular formula is C16H22N4O. The van der Waals surface area contributed by atoms with E-state index in [1.54, 1.807) is 12.5 Å². The van der Waals surface area contributed by atoms with E-state index in [2.05, 4.69) is 34.7 Å². The molecule has 2 aromatic rings. The molecule has 5 nitrogen and oxygen atoms in total. The summed E-state index contributed by atoms with van der Waals surface area (Å²) in [6, 6.07) is 8.13. The Morgan fingerprint density at radius 1 is 1.29 bits per heavy atom. The first-order valence-electron chi connectivity index (χ1n) is 7.24. The van der Waals surface area contributed by atoms with E-state index in [4.69, 9.17) is 0 Å². The van der Waals surface area contributed by atoms with Crippen LogP contribution < -0.4 is 10.6 Å².